The highest BCUT2D eigenvalue weighted by molar-refractivity contribution is 5.39. The van der Waals surface area contributed by atoms with E-state index in [4.69, 9.17) is 13.7 Å². The second-order valence-electron chi connectivity index (χ2n) is 12.1. The van der Waals surface area contributed by atoms with Crippen molar-refractivity contribution in [1.29, 1.82) is 0 Å². The Bertz CT molecular complexity index is 1460. The fraction of sp³-hybridized carbons (Fsp3) is 0.450. The molecule has 2 rings (SSSR count). The van der Waals surface area contributed by atoms with Gasteiger partial charge in [-0.2, -0.15) is 0 Å². The first-order chi connectivity index (χ1) is 22.7. The monoisotopic (exact) mass is 547 g/mol. The van der Waals surface area contributed by atoms with Crippen molar-refractivity contribution in [1.82, 2.24) is 0 Å². The predicted octanol–water partition coefficient (Wildman–Crippen LogP) is 12.6. The van der Waals surface area contributed by atoms with Crippen LogP contribution < -0.4 is 0 Å². The van der Waals surface area contributed by atoms with Crippen LogP contribution in [0.25, 0.3) is 0 Å². The fourth-order valence-electron chi connectivity index (χ4n) is 4.52. The molecule has 0 N–H and O–H groups in total. The van der Waals surface area contributed by atoms with E-state index in [1.54, 1.807) is 12.2 Å². The Labute approximate surface area is 261 Å². The van der Waals surface area contributed by atoms with Crippen LogP contribution in [-0.4, -0.2) is 0 Å². The zero-order chi connectivity index (χ0) is 38.3. The van der Waals surface area contributed by atoms with Gasteiger partial charge in [0.25, 0.3) is 0 Å². The summed E-state index contributed by atoms with van der Waals surface area (Å²) >= 11 is 0. The molecule has 0 heterocycles. The summed E-state index contributed by atoms with van der Waals surface area (Å²) in [4.78, 5) is 0. The summed E-state index contributed by atoms with van der Waals surface area (Å²) in [6, 6.07) is 0. The molecule has 0 radical (unpaired) electrons. The van der Waals surface area contributed by atoms with Crippen LogP contribution in [0.4, 0.5) is 0 Å². The molecule has 2 aliphatic rings. The molecular formula is C40H56. The predicted molar refractivity (Wildman–Crippen MR) is 181 cm³/mol. The lowest BCUT2D eigenvalue weighted by Gasteiger charge is -2.33. The highest BCUT2D eigenvalue weighted by Crippen LogP contribution is 2.41. The van der Waals surface area contributed by atoms with Gasteiger partial charge >= 0.3 is 0 Å². The van der Waals surface area contributed by atoms with E-state index in [2.05, 4.69) is 0 Å². The minimum absolute atomic E-state index is 0.0806. The SMILES string of the molecule is [2H]C([2H])([2H])C1=C(C=CC(C)=CC=CC(C)=CC=CC=C(C)C=CC=C(C)C=CC2=C(C([2H])([2H])[2H])C([2H])([2H])CCC2(C)C)C(C)(C)CCC1([2H])[2H]. The molecule has 0 atom stereocenters. The van der Waals surface area contributed by atoms with Crippen molar-refractivity contribution >= 4 is 0 Å². The van der Waals surface area contributed by atoms with Gasteiger partial charge in [-0.05, 0) is 102 Å². The van der Waals surface area contributed by atoms with Gasteiger partial charge in [-0.25, -0.2) is 0 Å². The molecule has 0 nitrogen and oxygen atoms in total. The van der Waals surface area contributed by atoms with E-state index >= 15 is 0 Å². The van der Waals surface area contributed by atoms with E-state index in [9.17, 15) is 0 Å². The zero-order valence-corrected chi connectivity index (χ0v) is 25.9. The number of rotatable bonds is 10. The van der Waals surface area contributed by atoms with Gasteiger partial charge < -0.3 is 0 Å². The maximum absolute atomic E-state index is 8.35. The van der Waals surface area contributed by atoms with Gasteiger partial charge in [0, 0.05) is 13.7 Å². The van der Waals surface area contributed by atoms with Gasteiger partial charge in [-0.1, -0.05) is 146 Å². The summed E-state index contributed by atoms with van der Waals surface area (Å²) in [5, 5.41) is 0. The van der Waals surface area contributed by atoms with Crippen molar-refractivity contribution in [3.05, 3.63) is 130 Å². The Kier molecular flexibility index (Phi) is 8.27. The van der Waals surface area contributed by atoms with E-state index in [1.165, 1.54) is 0 Å². The minimum Gasteiger partial charge on any atom is -0.0696 e. The van der Waals surface area contributed by atoms with Crippen molar-refractivity contribution < 1.29 is 13.7 Å². The minimum atomic E-state index is -2.49. The third kappa shape index (κ3) is 11.3. The lowest BCUT2D eigenvalue weighted by molar-refractivity contribution is 0.376. The smallest absolute Gasteiger partial charge is 0.0313 e. The standard InChI is InChI=1S/C40H56/c1-31(19-13-21-33(3)25-27-37-35(5)23-15-29-39(37,7)8)17-11-12-18-32(2)20-14-22-34(4)26-28-38-36(6)24-16-30-40(38,9)10/h11-14,17-22,25-28H,15-16,23-24,29-30H2,1-10H3/i5D3,6D3,23D2,24D2. The van der Waals surface area contributed by atoms with Crippen LogP contribution in [0.5, 0.6) is 0 Å². The molecule has 0 saturated heterocycles. The molecular weight excluding hydrogens is 480 g/mol. The first kappa shape index (κ1) is 20.9. The van der Waals surface area contributed by atoms with Crippen LogP contribution in [0.1, 0.15) is 121 Å². The molecule has 0 aromatic heterocycles. The molecule has 0 aromatic carbocycles. The first-order valence-electron chi connectivity index (χ1n) is 19.3. The zero-order valence-electron chi connectivity index (χ0n) is 35.9. The van der Waals surface area contributed by atoms with Crippen LogP contribution in [-0.2, 0) is 0 Å². The summed E-state index contributed by atoms with van der Waals surface area (Å²) < 4.78 is 81.3. The fourth-order valence-corrected chi connectivity index (χ4v) is 4.52. The van der Waals surface area contributed by atoms with Crippen molar-refractivity contribution in [2.45, 2.75) is 108 Å². The summed E-state index contributed by atoms with van der Waals surface area (Å²) in [6.07, 6.45) is 24.7. The molecule has 0 unspecified atom stereocenters. The van der Waals surface area contributed by atoms with Gasteiger partial charge in [0.2, 0.25) is 0 Å². The molecule has 0 aromatic rings. The summed E-state index contributed by atoms with van der Waals surface area (Å²) in [6.45, 7) is 10.8. The van der Waals surface area contributed by atoms with Crippen LogP contribution in [0.3, 0.4) is 0 Å². The molecule has 0 amide bonds. The maximum Gasteiger partial charge on any atom is 0.0313 e. The van der Waals surface area contributed by atoms with Crippen molar-refractivity contribution in [3.8, 4) is 0 Å². The third-order valence-corrected chi connectivity index (χ3v) is 7.39. The average Bonchev–Trinajstić information content (AvgIpc) is 2.95. The Morgan fingerprint density at radius 2 is 0.925 bits per heavy atom. The molecule has 216 valence electrons. The largest absolute Gasteiger partial charge is 0.0696 e. The van der Waals surface area contributed by atoms with Crippen LogP contribution in [0.2, 0.25) is 0 Å². The second-order valence-corrected chi connectivity index (χ2v) is 12.1. The Morgan fingerprint density at radius 1 is 0.575 bits per heavy atom. The number of hydrogen-bond donors (Lipinski definition) is 0. The summed E-state index contributed by atoms with van der Waals surface area (Å²) in [5.41, 5.74) is 4.03. The van der Waals surface area contributed by atoms with Crippen LogP contribution in [0.15, 0.2) is 130 Å². The van der Waals surface area contributed by atoms with Gasteiger partial charge in [-0.15, -0.1) is 0 Å². The molecule has 2 aliphatic carbocycles. The molecule has 0 bridgehead atoms. The quantitative estimate of drug-likeness (QED) is 0.239. The van der Waals surface area contributed by atoms with Crippen LogP contribution in [0, 0.1) is 10.8 Å². The van der Waals surface area contributed by atoms with E-state index in [0.717, 1.165) is 22.3 Å². The normalized spacial score (nSPS) is 28.8. The maximum atomic E-state index is 8.35. The van der Waals surface area contributed by atoms with Crippen LogP contribution >= 0.6 is 0 Å². The second kappa shape index (κ2) is 15.8. The lowest BCUT2D eigenvalue weighted by Crippen LogP contribution is -2.19. The van der Waals surface area contributed by atoms with E-state index in [1.807, 2.05) is 128 Å². The molecule has 0 aliphatic heterocycles. The van der Waals surface area contributed by atoms with Gasteiger partial charge in [0.15, 0.2) is 0 Å². The molecule has 40 heavy (non-hydrogen) atoms. The summed E-state index contributed by atoms with van der Waals surface area (Å²) in [7, 11) is 0. The van der Waals surface area contributed by atoms with Gasteiger partial charge in [0.1, 0.15) is 0 Å². The average molecular weight is 547 g/mol. The topological polar surface area (TPSA) is 0 Å². The first-order valence-corrected chi connectivity index (χ1v) is 14.3. The van der Waals surface area contributed by atoms with E-state index in [0.29, 0.717) is 24.0 Å². The van der Waals surface area contributed by atoms with Crippen molar-refractivity contribution in [2.75, 3.05) is 0 Å². The lowest BCUT2D eigenvalue weighted by atomic mass is 9.72. The van der Waals surface area contributed by atoms with Gasteiger partial charge in [0.05, 0.1) is 0 Å². The summed E-state index contributed by atoms with van der Waals surface area (Å²) in [5.74, 6) is 0. The number of hydrogen-bond acceptors (Lipinski definition) is 0. The highest BCUT2D eigenvalue weighted by atomic mass is 14.3. The number of allylic oxidation sites excluding steroid dienone is 22. The molecule has 0 saturated carbocycles. The molecule has 0 spiro atoms. The van der Waals surface area contributed by atoms with Gasteiger partial charge in [-0.3, -0.25) is 0 Å². The van der Waals surface area contributed by atoms with E-state index in [-0.39, 0.29) is 24.0 Å². The molecule has 0 heteroatoms. The Morgan fingerprint density at radius 3 is 1.30 bits per heavy atom. The molecule has 0 fully saturated rings. The third-order valence-electron chi connectivity index (χ3n) is 7.39. The Balaban J connectivity index is 2.08. The highest BCUT2D eigenvalue weighted by Gasteiger charge is 2.27. The van der Waals surface area contributed by atoms with Crippen molar-refractivity contribution in [3.63, 3.8) is 0 Å². The van der Waals surface area contributed by atoms with Crippen molar-refractivity contribution in [2.24, 2.45) is 10.8 Å². The Hall–Kier alpha value is -2.86. The van der Waals surface area contributed by atoms with E-state index < -0.39 is 37.3 Å².